The Morgan fingerprint density at radius 3 is 2.56 bits per heavy atom. The van der Waals surface area contributed by atoms with Crippen LogP contribution in [0, 0.1) is 11.6 Å². The third kappa shape index (κ3) is 5.13. The number of aryl methyl sites for hydroxylation is 1. The minimum Gasteiger partial charge on any atom is -0.314 e. The predicted molar refractivity (Wildman–Crippen MR) is 71.7 cm³/mol. The van der Waals surface area contributed by atoms with Gasteiger partial charge in [0.05, 0.1) is 0 Å². The van der Waals surface area contributed by atoms with Crippen molar-refractivity contribution in [2.75, 3.05) is 6.54 Å². The first-order valence-corrected chi connectivity index (χ1v) is 6.84. The van der Waals surface area contributed by atoms with Crippen LogP contribution in [-0.4, -0.2) is 12.6 Å². The number of halogens is 2. The highest BCUT2D eigenvalue weighted by Crippen LogP contribution is 2.14. The van der Waals surface area contributed by atoms with E-state index in [9.17, 15) is 8.78 Å². The molecule has 0 bridgehead atoms. The van der Waals surface area contributed by atoms with E-state index in [0.29, 0.717) is 18.0 Å². The molecule has 1 N–H and O–H groups in total. The van der Waals surface area contributed by atoms with Crippen LogP contribution in [0.2, 0.25) is 0 Å². The molecule has 0 fully saturated rings. The first-order valence-electron chi connectivity index (χ1n) is 6.84. The lowest BCUT2D eigenvalue weighted by Gasteiger charge is -2.17. The van der Waals surface area contributed by atoms with E-state index in [-0.39, 0.29) is 11.6 Å². The van der Waals surface area contributed by atoms with Gasteiger partial charge in [0, 0.05) is 6.04 Å². The van der Waals surface area contributed by atoms with Crippen molar-refractivity contribution in [3.63, 3.8) is 0 Å². The number of hydrogen-bond acceptors (Lipinski definition) is 1. The molecule has 0 aliphatic rings. The van der Waals surface area contributed by atoms with Crippen molar-refractivity contribution >= 4 is 0 Å². The summed E-state index contributed by atoms with van der Waals surface area (Å²) in [4.78, 5) is 0. The van der Waals surface area contributed by atoms with Crippen LogP contribution >= 0.6 is 0 Å². The van der Waals surface area contributed by atoms with E-state index in [1.165, 1.54) is 12.1 Å². The molecular formula is C15H23F2N. The fourth-order valence-electron chi connectivity index (χ4n) is 2.11. The van der Waals surface area contributed by atoms with Crippen LogP contribution in [0.3, 0.4) is 0 Å². The summed E-state index contributed by atoms with van der Waals surface area (Å²) < 4.78 is 26.5. The first kappa shape index (κ1) is 15.1. The van der Waals surface area contributed by atoms with Gasteiger partial charge in [-0.3, -0.25) is 0 Å². The fraction of sp³-hybridized carbons (Fsp3) is 0.600. The Morgan fingerprint density at radius 2 is 1.89 bits per heavy atom. The molecule has 102 valence electrons. The molecule has 0 spiro atoms. The molecule has 0 aliphatic heterocycles. The third-order valence-electron chi connectivity index (χ3n) is 3.09. The van der Waals surface area contributed by atoms with Gasteiger partial charge in [0.25, 0.3) is 0 Å². The molecule has 1 aromatic rings. The number of benzene rings is 1. The molecule has 1 rings (SSSR count). The quantitative estimate of drug-likeness (QED) is 0.738. The second-order valence-electron chi connectivity index (χ2n) is 4.71. The predicted octanol–water partition coefficient (Wildman–Crippen LogP) is 4.07. The van der Waals surface area contributed by atoms with E-state index < -0.39 is 0 Å². The van der Waals surface area contributed by atoms with Gasteiger partial charge in [-0.1, -0.05) is 20.3 Å². The van der Waals surface area contributed by atoms with E-state index in [0.717, 1.165) is 38.3 Å². The molecule has 1 aromatic carbocycles. The summed E-state index contributed by atoms with van der Waals surface area (Å²) in [7, 11) is 0. The van der Waals surface area contributed by atoms with Crippen LogP contribution in [-0.2, 0) is 6.42 Å². The van der Waals surface area contributed by atoms with Crippen LogP contribution in [0.25, 0.3) is 0 Å². The minimum absolute atomic E-state index is 0.304. The van der Waals surface area contributed by atoms with Crippen molar-refractivity contribution in [2.45, 2.75) is 52.0 Å². The van der Waals surface area contributed by atoms with Gasteiger partial charge < -0.3 is 5.32 Å². The highest BCUT2D eigenvalue weighted by molar-refractivity contribution is 5.18. The summed E-state index contributed by atoms with van der Waals surface area (Å²) in [5, 5.41) is 3.46. The zero-order valence-corrected chi connectivity index (χ0v) is 11.3. The molecule has 1 unspecified atom stereocenters. The van der Waals surface area contributed by atoms with Gasteiger partial charge in [0.15, 0.2) is 0 Å². The van der Waals surface area contributed by atoms with Crippen molar-refractivity contribution in [3.8, 4) is 0 Å². The topological polar surface area (TPSA) is 12.0 Å². The number of rotatable bonds is 8. The van der Waals surface area contributed by atoms with Gasteiger partial charge in [-0.2, -0.15) is 0 Å². The Morgan fingerprint density at radius 1 is 1.11 bits per heavy atom. The summed E-state index contributed by atoms with van der Waals surface area (Å²) in [6, 6.07) is 4.08. The maximum Gasteiger partial charge on any atom is 0.126 e. The van der Waals surface area contributed by atoms with Gasteiger partial charge in [-0.25, -0.2) is 8.78 Å². The molecule has 0 saturated carbocycles. The van der Waals surface area contributed by atoms with E-state index in [1.54, 1.807) is 0 Å². The van der Waals surface area contributed by atoms with Crippen molar-refractivity contribution in [2.24, 2.45) is 0 Å². The molecule has 1 nitrogen and oxygen atoms in total. The molecular weight excluding hydrogens is 232 g/mol. The van der Waals surface area contributed by atoms with Crippen molar-refractivity contribution < 1.29 is 8.78 Å². The van der Waals surface area contributed by atoms with Crippen LogP contribution in [0.5, 0.6) is 0 Å². The Labute approximate surface area is 109 Å². The number of nitrogens with one attached hydrogen (secondary N) is 1. The molecule has 0 radical (unpaired) electrons. The Hall–Kier alpha value is -0.960. The molecule has 0 heterocycles. The second kappa shape index (κ2) is 8.20. The Bertz CT molecular complexity index is 352. The average Bonchev–Trinajstić information content (AvgIpc) is 2.36. The van der Waals surface area contributed by atoms with Crippen LogP contribution < -0.4 is 5.32 Å². The summed E-state index contributed by atoms with van der Waals surface area (Å²) >= 11 is 0. The summed E-state index contributed by atoms with van der Waals surface area (Å²) in [5.41, 5.74) is 0.481. The van der Waals surface area contributed by atoms with E-state index >= 15 is 0 Å². The lowest BCUT2D eigenvalue weighted by Crippen LogP contribution is -2.30. The monoisotopic (exact) mass is 255 g/mol. The average molecular weight is 255 g/mol. The zero-order chi connectivity index (χ0) is 13.4. The van der Waals surface area contributed by atoms with Gasteiger partial charge in [0.2, 0.25) is 0 Å². The largest absolute Gasteiger partial charge is 0.314 e. The second-order valence-corrected chi connectivity index (χ2v) is 4.71. The molecule has 0 aromatic heterocycles. The highest BCUT2D eigenvalue weighted by atomic mass is 19.1. The maximum atomic E-state index is 13.5. The lowest BCUT2D eigenvalue weighted by atomic mass is 10.0. The molecule has 3 heteroatoms. The number of hydrogen-bond donors (Lipinski definition) is 1. The van der Waals surface area contributed by atoms with Crippen LogP contribution in [0.15, 0.2) is 18.2 Å². The van der Waals surface area contributed by atoms with Crippen molar-refractivity contribution in [1.82, 2.24) is 5.32 Å². The normalized spacial score (nSPS) is 12.7. The zero-order valence-electron chi connectivity index (χ0n) is 11.3. The summed E-state index contributed by atoms with van der Waals surface area (Å²) in [6.07, 6.45) is 4.72. The molecule has 0 saturated heterocycles. The first-order chi connectivity index (χ1) is 8.67. The molecule has 1 atom stereocenters. The van der Waals surface area contributed by atoms with Gasteiger partial charge >= 0.3 is 0 Å². The Kier molecular flexibility index (Phi) is 6.88. The summed E-state index contributed by atoms with van der Waals surface area (Å²) in [6.45, 7) is 5.25. The Balaban J connectivity index is 2.52. The molecule has 0 amide bonds. The SMILES string of the molecule is CCCNC(CCC)CCc1cc(F)ccc1F. The highest BCUT2D eigenvalue weighted by Gasteiger charge is 2.09. The third-order valence-corrected chi connectivity index (χ3v) is 3.09. The van der Waals surface area contributed by atoms with Crippen molar-refractivity contribution in [1.29, 1.82) is 0 Å². The van der Waals surface area contributed by atoms with E-state index in [4.69, 9.17) is 0 Å². The summed E-state index contributed by atoms with van der Waals surface area (Å²) in [5.74, 6) is -0.665. The van der Waals surface area contributed by atoms with Gasteiger partial charge in [0.1, 0.15) is 11.6 Å². The fourth-order valence-corrected chi connectivity index (χ4v) is 2.11. The molecule has 0 aliphatic carbocycles. The van der Waals surface area contributed by atoms with E-state index in [2.05, 4.69) is 19.2 Å². The smallest absolute Gasteiger partial charge is 0.126 e. The maximum absolute atomic E-state index is 13.5. The minimum atomic E-state index is -0.361. The molecule has 18 heavy (non-hydrogen) atoms. The van der Waals surface area contributed by atoms with Gasteiger partial charge in [-0.05, 0) is 56.0 Å². The van der Waals surface area contributed by atoms with Gasteiger partial charge in [-0.15, -0.1) is 0 Å². The standard InChI is InChI=1S/C15H23F2N/c1-3-5-14(18-10-4-2)8-6-12-11-13(16)7-9-15(12)17/h7,9,11,14,18H,3-6,8,10H2,1-2H3. The van der Waals surface area contributed by atoms with Crippen LogP contribution in [0.4, 0.5) is 8.78 Å². The lowest BCUT2D eigenvalue weighted by molar-refractivity contribution is 0.444. The van der Waals surface area contributed by atoms with Crippen molar-refractivity contribution in [3.05, 3.63) is 35.4 Å². The van der Waals surface area contributed by atoms with E-state index in [1.807, 2.05) is 0 Å². The van der Waals surface area contributed by atoms with Crippen LogP contribution in [0.1, 0.15) is 45.1 Å².